The van der Waals surface area contributed by atoms with Crippen LogP contribution in [-0.2, 0) is 9.53 Å². The largest absolute Gasteiger partial charge is 0.373 e. The molecule has 2 atom stereocenters. The number of aromatic amines is 2. The van der Waals surface area contributed by atoms with Crippen molar-refractivity contribution in [2.75, 3.05) is 44.0 Å². The maximum Gasteiger partial charge on any atom is 0.229 e. The van der Waals surface area contributed by atoms with Crippen molar-refractivity contribution < 1.29 is 9.53 Å². The predicted molar refractivity (Wildman–Crippen MR) is 144 cm³/mol. The van der Waals surface area contributed by atoms with Crippen LogP contribution in [0.2, 0.25) is 0 Å². The van der Waals surface area contributed by atoms with E-state index in [0.29, 0.717) is 18.5 Å². The highest BCUT2D eigenvalue weighted by molar-refractivity contribution is 5.99. The lowest BCUT2D eigenvalue weighted by atomic mass is 9.95. The smallest absolute Gasteiger partial charge is 0.229 e. The molecule has 2 unspecified atom stereocenters. The van der Waals surface area contributed by atoms with Crippen molar-refractivity contribution in [1.82, 2.24) is 25.1 Å². The minimum Gasteiger partial charge on any atom is -0.373 e. The number of anilines is 2. The van der Waals surface area contributed by atoms with Crippen LogP contribution in [0.15, 0.2) is 36.4 Å². The van der Waals surface area contributed by atoms with Crippen molar-refractivity contribution in [3.63, 3.8) is 0 Å². The maximum absolute atomic E-state index is 12.4. The topological polar surface area (TPSA) is 102 Å². The maximum atomic E-state index is 12.4. The number of rotatable bonds is 5. The van der Waals surface area contributed by atoms with E-state index < -0.39 is 5.41 Å². The monoisotopic (exact) mass is 489 g/mol. The molecule has 0 saturated carbocycles. The van der Waals surface area contributed by atoms with Crippen molar-refractivity contribution in [3.8, 4) is 11.5 Å². The third kappa shape index (κ3) is 4.81. The van der Waals surface area contributed by atoms with E-state index in [1.54, 1.807) is 0 Å². The molecule has 0 bridgehead atoms. The fourth-order valence-corrected chi connectivity index (χ4v) is 4.58. The van der Waals surface area contributed by atoms with Gasteiger partial charge in [-0.2, -0.15) is 5.10 Å². The first kappa shape index (κ1) is 24.3. The summed E-state index contributed by atoms with van der Waals surface area (Å²) in [4.78, 5) is 25.2. The van der Waals surface area contributed by atoms with Crippen LogP contribution in [0.25, 0.3) is 33.5 Å². The Balaban J connectivity index is 1.41. The molecular weight excluding hydrogens is 454 g/mol. The molecule has 1 amide bonds. The third-order valence-electron chi connectivity index (χ3n) is 6.60. The first-order valence-corrected chi connectivity index (χ1v) is 12.4. The fraction of sp³-hybridized carbons (Fsp3) is 0.444. The highest BCUT2D eigenvalue weighted by atomic mass is 16.5. The van der Waals surface area contributed by atoms with Crippen molar-refractivity contribution >= 4 is 39.2 Å². The number of fused-ring (bicyclic) bond motifs is 2. The Morgan fingerprint density at radius 2 is 2.00 bits per heavy atom. The van der Waals surface area contributed by atoms with Gasteiger partial charge in [0.05, 0.1) is 29.3 Å². The van der Waals surface area contributed by atoms with E-state index in [1.807, 2.05) is 39.0 Å². The van der Waals surface area contributed by atoms with Crippen LogP contribution in [0.1, 0.15) is 27.7 Å². The molecule has 190 valence electrons. The summed E-state index contributed by atoms with van der Waals surface area (Å²) in [5, 5.41) is 11.5. The number of carbonyl (C=O) groups excluding carboxylic acids is 1. The van der Waals surface area contributed by atoms with Crippen molar-refractivity contribution in [1.29, 1.82) is 0 Å². The Morgan fingerprint density at radius 3 is 2.75 bits per heavy atom. The molecule has 9 nitrogen and oxygen atoms in total. The highest BCUT2D eigenvalue weighted by Crippen LogP contribution is 2.31. The number of aromatic nitrogens is 4. The molecule has 1 fully saturated rings. The molecule has 4 aromatic rings. The molecule has 0 radical (unpaired) electrons. The summed E-state index contributed by atoms with van der Waals surface area (Å²) in [5.41, 5.74) is 4.88. The number of hydrogen-bond acceptors (Lipinski definition) is 6. The molecule has 2 aromatic carbocycles. The standard InChI is InChI=1S/C27H35N7O2/c1-16-15-36-19(13-33(5)6)14-34(16)18-8-10-21-23(12-18)30-25(29-21)24-20-9-7-17(11-22(20)31-32-24)28-26(35)27(2,3)4/h7-12,16,19H,13-15H2,1-6H3,(H,28,35)(H,29,30)(H,31,32). The molecule has 1 saturated heterocycles. The van der Waals surface area contributed by atoms with Crippen molar-refractivity contribution in [2.24, 2.45) is 5.41 Å². The number of imidazole rings is 1. The number of hydrogen-bond donors (Lipinski definition) is 3. The lowest BCUT2D eigenvalue weighted by Crippen LogP contribution is -2.51. The van der Waals surface area contributed by atoms with Gasteiger partial charge < -0.3 is 24.8 Å². The van der Waals surface area contributed by atoms with Gasteiger partial charge in [0.15, 0.2) is 5.82 Å². The average Bonchev–Trinajstić information content (AvgIpc) is 3.42. The Morgan fingerprint density at radius 1 is 1.19 bits per heavy atom. The van der Waals surface area contributed by atoms with E-state index in [0.717, 1.165) is 52.1 Å². The van der Waals surface area contributed by atoms with Gasteiger partial charge >= 0.3 is 0 Å². The van der Waals surface area contributed by atoms with Gasteiger partial charge in [0.2, 0.25) is 5.91 Å². The van der Waals surface area contributed by atoms with Gasteiger partial charge in [-0.25, -0.2) is 4.98 Å². The second kappa shape index (κ2) is 9.22. The second-order valence-corrected chi connectivity index (χ2v) is 11.0. The summed E-state index contributed by atoms with van der Waals surface area (Å²) in [7, 11) is 4.15. The number of benzene rings is 2. The van der Waals surface area contributed by atoms with Gasteiger partial charge in [0.25, 0.3) is 0 Å². The Bertz CT molecular complexity index is 1400. The summed E-state index contributed by atoms with van der Waals surface area (Å²) < 4.78 is 6.04. The molecule has 9 heteroatoms. The van der Waals surface area contributed by atoms with Crippen LogP contribution in [0.5, 0.6) is 0 Å². The van der Waals surface area contributed by atoms with Crippen LogP contribution in [-0.4, -0.2) is 76.9 Å². The lowest BCUT2D eigenvalue weighted by Gasteiger charge is -2.40. The molecule has 3 N–H and O–H groups in total. The molecule has 1 aliphatic rings. The van der Waals surface area contributed by atoms with E-state index in [4.69, 9.17) is 9.72 Å². The number of nitrogens with zero attached hydrogens (tertiary/aromatic N) is 4. The highest BCUT2D eigenvalue weighted by Gasteiger charge is 2.27. The Hall–Kier alpha value is -3.43. The number of carbonyl (C=O) groups is 1. The van der Waals surface area contributed by atoms with Crippen LogP contribution in [0, 0.1) is 5.41 Å². The van der Waals surface area contributed by atoms with Crippen LogP contribution in [0.4, 0.5) is 11.4 Å². The van der Waals surface area contributed by atoms with E-state index in [9.17, 15) is 4.79 Å². The number of nitrogens with one attached hydrogen (secondary N) is 3. The van der Waals surface area contributed by atoms with Gasteiger partial charge in [0.1, 0.15) is 5.69 Å². The van der Waals surface area contributed by atoms with E-state index >= 15 is 0 Å². The van der Waals surface area contributed by atoms with Gasteiger partial charge in [-0.3, -0.25) is 9.89 Å². The first-order valence-electron chi connectivity index (χ1n) is 12.4. The number of H-pyrrole nitrogens is 2. The zero-order valence-corrected chi connectivity index (χ0v) is 21.8. The third-order valence-corrected chi connectivity index (χ3v) is 6.60. The molecule has 5 rings (SSSR count). The Labute approximate surface area is 211 Å². The van der Waals surface area contributed by atoms with E-state index in [1.165, 1.54) is 0 Å². The van der Waals surface area contributed by atoms with Gasteiger partial charge in [-0.05, 0) is 57.4 Å². The normalized spacial score (nSPS) is 18.9. The number of morpholine rings is 1. The zero-order valence-electron chi connectivity index (χ0n) is 21.8. The number of likely N-dealkylation sites (N-methyl/N-ethyl adjacent to an activating group) is 1. The quantitative estimate of drug-likeness (QED) is 0.387. The second-order valence-electron chi connectivity index (χ2n) is 11.0. The van der Waals surface area contributed by atoms with Crippen molar-refractivity contribution in [2.45, 2.75) is 39.8 Å². The van der Waals surface area contributed by atoms with Crippen LogP contribution in [0.3, 0.4) is 0 Å². The minimum atomic E-state index is -0.465. The molecule has 3 heterocycles. The number of ether oxygens (including phenoxy) is 1. The van der Waals surface area contributed by atoms with E-state index in [2.05, 4.69) is 69.5 Å². The van der Waals surface area contributed by atoms with Crippen molar-refractivity contribution in [3.05, 3.63) is 36.4 Å². The molecular formula is C27H35N7O2. The molecule has 2 aromatic heterocycles. The summed E-state index contributed by atoms with van der Waals surface area (Å²) >= 11 is 0. The predicted octanol–water partition coefficient (Wildman–Crippen LogP) is 4.25. The molecule has 1 aliphatic heterocycles. The average molecular weight is 490 g/mol. The van der Waals surface area contributed by atoms with Gasteiger partial charge in [-0.15, -0.1) is 0 Å². The fourth-order valence-electron chi connectivity index (χ4n) is 4.58. The van der Waals surface area contributed by atoms with Crippen LogP contribution < -0.4 is 10.2 Å². The SMILES string of the molecule is CC1COC(CN(C)C)CN1c1ccc2nc(-c3n[nH]c4cc(NC(=O)C(C)(C)C)ccc34)[nH]c2c1. The Kier molecular flexibility index (Phi) is 6.22. The summed E-state index contributed by atoms with van der Waals surface area (Å²) in [6.45, 7) is 10.3. The van der Waals surface area contributed by atoms with Gasteiger partial charge in [-0.1, -0.05) is 20.8 Å². The first-order chi connectivity index (χ1) is 17.1. The summed E-state index contributed by atoms with van der Waals surface area (Å²) in [6, 6.07) is 12.4. The minimum absolute atomic E-state index is 0.0303. The summed E-state index contributed by atoms with van der Waals surface area (Å²) in [6.07, 6.45) is 0.178. The van der Waals surface area contributed by atoms with Crippen LogP contribution >= 0.6 is 0 Å². The molecule has 0 spiro atoms. The summed E-state index contributed by atoms with van der Waals surface area (Å²) in [5.74, 6) is 0.678. The number of amides is 1. The van der Waals surface area contributed by atoms with E-state index in [-0.39, 0.29) is 12.0 Å². The molecule has 0 aliphatic carbocycles. The lowest BCUT2D eigenvalue weighted by molar-refractivity contribution is -0.123. The zero-order chi connectivity index (χ0) is 25.6. The molecule has 36 heavy (non-hydrogen) atoms. The van der Waals surface area contributed by atoms with Gasteiger partial charge in [0, 0.05) is 41.3 Å².